The molecule has 5 nitrogen and oxygen atoms in total. The number of aliphatic hydroxyl groups is 1. The van der Waals surface area contributed by atoms with Crippen LogP contribution in [0.15, 0.2) is 0 Å². The number of aliphatic hydroxyl groups excluding tert-OH is 1. The molecule has 2 fully saturated rings. The summed E-state index contributed by atoms with van der Waals surface area (Å²) in [5.41, 5.74) is -0.156. The van der Waals surface area contributed by atoms with E-state index in [4.69, 9.17) is 0 Å². The van der Waals surface area contributed by atoms with Crippen LogP contribution in [0, 0.1) is 0 Å². The van der Waals surface area contributed by atoms with Crippen LogP contribution in [-0.2, 0) is 9.84 Å². The Bertz CT molecular complexity index is 436. The fourth-order valence-electron chi connectivity index (χ4n) is 3.10. The van der Waals surface area contributed by atoms with Crippen molar-refractivity contribution in [2.75, 3.05) is 31.7 Å². The lowest BCUT2D eigenvalue weighted by molar-refractivity contribution is 0.158. The van der Waals surface area contributed by atoms with Crippen LogP contribution in [-0.4, -0.2) is 67.8 Å². The zero-order valence-electron chi connectivity index (χ0n) is 13.3. The average molecular weight is 318 g/mol. The summed E-state index contributed by atoms with van der Waals surface area (Å²) < 4.78 is 23.0. The van der Waals surface area contributed by atoms with E-state index in [1.807, 2.05) is 7.05 Å². The summed E-state index contributed by atoms with van der Waals surface area (Å²) >= 11 is 0. The van der Waals surface area contributed by atoms with Crippen molar-refractivity contribution in [2.45, 2.75) is 63.1 Å². The maximum absolute atomic E-state index is 11.5. The molecule has 2 atom stereocenters. The molecule has 2 unspecified atom stereocenters. The van der Waals surface area contributed by atoms with Crippen LogP contribution in [0.2, 0.25) is 0 Å². The number of hydrogen-bond donors (Lipinski definition) is 2. The van der Waals surface area contributed by atoms with Crippen LogP contribution in [0.5, 0.6) is 0 Å². The Morgan fingerprint density at radius 1 is 1.29 bits per heavy atom. The number of rotatable bonds is 9. The minimum absolute atomic E-state index is 0.156. The molecule has 1 aliphatic carbocycles. The molecule has 1 saturated carbocycles. The van der Waals surface area contributed by atoms with Gasteiger partial charge in [0.05, 0.1) is 18.1 Å². The van der Waals surface area contributed by atoms with Crippen LogP contribution in [0.4, 0.5) is 0 Å². The third-order valence-corrected chi connectivity index (χ3v) is 6.55. The predicted molar refractivity (Wildman–Crippen MR) is 85.2 cm³/mol. The molecule has 0 aromatic rings. The zero-order chi connectivity index (χ0) is 15.5. The van der Waals surface area contributed by atoms with Gasteiger partial charge in [0.1, 0.15) is 0 Å². The Labute approximate surface area is 129 Å². The Morgan fingerprint density at radius 3 is 2.52 bits per heavy atom. The minimum atomic E-state index is -2.79. The quantitative estimate of drug-likeness (QED) is 0.615. The monoisotopic (exact) mass is 318 g/mol. The molecule has 1 heterocycles. The Balaban J connectivity index is 1.64. The molecule has 124 valence electrons. The summed E-state index contributed by atoms with van der Waals surface area (Å²) in [6.07, 6.45) is 6.31. The van der Waals surface area contributed by atoms with E-state index in [0.717, 1.165) is 32.2 Å². The van der Waals surface area contributed by atoms with E-state index in [2.05, 4.69) is 17.1 Å². The van der Waals surface area contributed by atoms with E-state index < -0.39 is 9.84 Å². The second-order valence-corrected chi connectivity index (χ2v) is 9.36. The second kappa shape index (κ2) is 6.94. The van der Waals surface area contributed by atoms with Gasteiger partial charge in [-0.25, -0.2) is 8.42 Å². The molecule has 0 aromatic heterocycles. The Kier molecular flexibility index (Phi) is 5.68. The van der Waals surface area contributed by atoms with Crippen molar-refractivity contribution in [3.63, 3.8) is 0 Å². The van der Waals surface area contributed by atoms with Gasteiger partial charge in [-0.05, 0) is 52.6 Å². The van der Waals surface area contributed by atoms with Gasteiger partial charge in [-0.15, -0.1) is 0 Å². The first-order chi connectivity index (χ1) is 9.84. The molecule has 0 radical (unpaired) electrons. The van der Waals surface area contributed by atoms with Crippen LogP contribution < -0.4 is 5.32 Å². The van der Waals surface area contributed by atoms with E-state index in [1.165, 1.54) is 12.8 Å². The molecular weight excluding hydrogens is 288 g/mol. The average Bonchev–Trinajstić information content (AvgIpc) is 3.15. The summed E-state index contributed by atoms with van der Waals surface area (Å²) in [4.78, 5) is 2.19. The molecule has 0 amide bonds. The lowest BCUT2D eigenvalue weighted by Gasteiger charge is -2.30. The predicted octanol–water partition coefficient (Wildman–Crippen LogP) is 0.779. The summed E-state index contributed by atoms with van der Waals surface area (Å²) in [6, 6.07) is 0.803. The van der Waals surface area contributed by atoms with Gasteiger partial charge in [-0.1, -0.05) is 6.42 Å². The molecule has 2 N–H and O–H groups in total. The zero-order valence-corrected chi connectivity index (χ0v) is 14.2. The number of unbranched alkanes of at least 4 members (excludes halogenated alkanes) is 1. The Hall–Kier alpha value is -0.170. The van der Waals surface area contributed by atoms with Crippen molar-refractivity contribution >= 4 is 9.84 Å². The van der Waals surface area contributed by atoms with Gasteiger partial charge in [-0.2, -0.15) is 0 Å². The third-order valence-electron chi connectivity index (χ3n) is 4.80. The summed E-state index contributed by atoms with van der Waals surface area (Å²) in [5, 5.41) is 13.1. The van der Waals surface area contributed by atoms with E-state index in [-0.39, 0.29) is 18.2 Å². The highest BCUT2D eigenvalue weighted by Crippen LogP contribution is 2.25. The van der Waals surface area contributed by atoms with Crippen molar-refractivity contribution in [3.05, 3.63) is 0 Å². The molecule has 21 heavy (non-hydrogen) atoms. The van der Waals surface area contributed by atoms with Crippen molar-refractivity contribution in [2.24, 2.45) is 0 Å². The first-order valence-electron chi connectivity index (χ1n) is 8.13. The minimum Gasteiger partial charge on any atom is -0.394 e. The van der Waals surface area contributed by atoms with E-state index in [1.54, 1.807) is 0 Å². The molecule has 6 heteroatoms. The van der Waals surface area contributed by atoms with Gasteiger partial charge in [0.2, 0.25) is 0 Å². The molecule has 2 rings (SSSR count). The number of sulfone groups is 1. The largest absolute Gasteiger partial charge is 0.394 e. The van der Waals surface area contributed by atoms with Crippen LogP contribution in [0.25, 0.3) is 0 Å². The number of hydrogen-bond acceptors (Lipinski definition) is 5. The van der Waals surface area contributed by atoms with Crippen LogP contribution >= 0.6 is 0 Å². The lowest BCUT2D eigenvalue weighted by Crippen LogP contribution is -2.47. The maximum atomic E-state index is 11.5. The second-order valence-electron chi connectivity index (χ2n) is 7.13. The van der Waals surface area contributed by atoms with Gasteiger partial charge in [0, 0.05) is 17.6 Å². The van der Waals surface area contributed by atoms with Crippen LogP contribution in [0.1, 0.15) is 45.4 Å². The number of nitrogens with zero attached hydrogens (tertiary/aromatic N) is 1. The third kappa shape index (κ3) is 5.51. The van der Waals surface area contributed by atoms with Crippen molar-refractivity contribution in [1.82, 2.24) is 10.2 Å². The van der Waals surface area contributed by atoms with Crippen LogP contribution in [0.3, 0.4) is 0 Å². The highest BCUT2D eigenvalue weighted by atomic mass is 32.2. The molecule has 0 spiro atoms. The maximum Gasteiger partial charge on any atom is 0.151 e. The SMILES string of the molecule is CN(CCCCC(C)(CO)NC1CC1)C1CCS(=O)(=O)C1. The van der Waals surface area contributed by atoms with E-state index in [0.29, 0.717) is 17.5 Å². The molecule has 0 bridgehead atoms. The first kappa shape index (κ1) is 17.2. The Morgan fingerprint density at radius 2 is 2.00 bits per heavy atom. The molecular formula is C15H30N2O3S. The highest BCUT2D eigenvalue weighted by Gasteiger charge is 2.32. The first-order valence-corrected chi connectivity index (χ1v) is 9.95. The molecule has 0 aromatic carbocycles. The van der Waals surface area contributed by atoms with Gasteiger partial charge in [-0.3, -0.25) is 0 Å². The molecule has 1 saturated heterocycles. The molecule has 1 aliphatic heterocycles. The van der Waals surface area contributed by atoms with E-state index in [9.17, 15) is 13.5 Å². The summed E-state index contributed by atoms with van der Waals surface area (Å²) in [7, 11) is -0.763. The fourth-order valence-corrected chi connectivity index (χ4v) is 4.90. The number of nitrogens with one attached hydrogen (secondary N) is 1. The van der Waals surface area contributed by atoms with E-state index >= 15 is 0 Å². The topological polar surface area (TPSA) is 69.6 Å². The smallest absolute Gasteiger partial charge is 0.151 e. The highest BCUT2D eigenvalue weighted by molar-refractivity contribution is 7.91. The van der Waals surface area contributed by atoms with Gasteiger partial charge < -0.3 is 15.3 Å². The summed E-state index contributed by atoms with van der Waals surface area (Å²) in [6.45, 7) is 3.21. The van der Waals surface area contributed by atoms with Gasteiger partial charge in [0.25, 0.3) is 0 Å². The van der Waals surface area contributed by atoms with Crippen molar-refractivity contribution < 1.29 is 13.5 Å². The van der Waals surface area contributed by atoms with Gasteiger partial charge >= 0.3 is 0 Å². The lowest BCUT2D eigenvalue weighted by atomic mass is 9.95. The fraction of sp³-hybridized carbons (Fsp3) is 1.00. The summed E-state index contributed by atoms with van der Waals surface area (Å²) in [5.74, 6) is 0.664. The van der Waals surface area contributed by atoms with Gasteiger partial charge in [0.15, 0.2) is 9.84 Å². The van der Waals surface area contributed by atoms with Crippen molar-refractivity contribution in [3.8, 4) is 0 Å². The molecule has 2 aliphatic rings. The standard InChI is InChI=1S/C15H30N2O3S/c1-15(12-18,16-13-5-6-13)8-3-4-9-17(2)14-7-10-21(19,20)11-14/h13-14,16,18H,3-12H2,1-2H3. The normalized spacial score (nSPS) is 27.9. The van der Waals surface area contributed by atoms with Crippen molar-refractivity contribution in [1.29, 1.82) is 0 Å².